The van der Waals surface area contributed by atoms with Gasteiger partial charge in [0.15, 0.2) is 0 Å². The van der Waals surface area contributed by atoms with Crippen LogP contribution >= 0.6 is 11.3 Å². The third-order valence-corrected chi connectivity index (χ3v) is 4.43. The number of ether oxygens (including phenoxy) is 1. The van der Waals surface area contributed by atoms with Gasteiger partial charge in [-0.05, 0) is 17.9 Å². The van der Waals surface area contributed by atoms with Gasteiger partial charge in [-0.3, -0.25) is 14.2 Å². The number of nitrogens with zero attached hydrogens (tertiary/aromatic N) is 1. The summed E-state index contributed by atoms with van der Waals surface area (Å²) in [5, 5.41) is 4.50. The molecule has 0 aliphatic carbocycles. The molecule has 0 aromatic carbocycles. The van der Waals surface area contributed by atoms with Gasteiger partial charge in [0, 0.05) is 19.7 Å². The second kappa shape index (κ2) is 5.82. The Bertz CT molecular complexity index is 770. The molecule has 21 heavy (non-hydrogen) atoms. The van der Waals surface area contributed by atoms with Gasteiger partial charge in [-0.2, -0.15) is 0 Å². The van der Waals surface area contributed by atoms with Gasteiger partial charge in [0.2, 0.25) is 5.91 Å². The minimum absolute atomic E-state index is 0.0887. The lowest BCUT2D eigenvalue weighted by Crippen LogP contribution is -2.40. The molecule has 1 aliphatic heterocycles. The number of hydrogen-bond acceptors (Lipinski definition) is 5. The van der Waals surface area contributed by atoms with Gasteiger partial charge in [-0.25, -0.2) is 4.79 Å². The number of aromatic nitrogens is 2. The van der Waals surface area contributed by atoms with Crippen molar-refractivity contribution >= 4 is 27.5 Å². The van der Waals surface area contributed by atoms with Crippen LogP contribution in [0.5, 0.6) is 0 Å². The molecule has 2 N–H and O–H groups in total. The van der Waals surface area contributed by atoms with Crippen LogP contribution in [0.3, 0.4) is 0 Å². The minimum Gasteiger partial charge on any atom is -0.381 e. The molecule has 1 unspecified atom stereocenters. The molecule has 0 bridgehead atoms. The zero-order valence-corrected chi connectivity index (χ0v) is 12.1. The summed E-state index contributed by atoms with van der Waals surface area (Å²) in [6.07, 6.45) is 0.716. The van der Waals surface area contributed by atoms with Crippen molar-refractivity contribution in [3.8, 4) is 0 Å². The largest absolute Gasteiger partial charge is 0.381 e. The first-order chi connectivity index (χ1) is 10.2. The van der Waals surface area contributed by atoms with Crippen LogP contribution in [0.4, 0.5) is 0 Å². The maximum Gasteiger partial charge on any atom is 0.328 e. The number of aromatic amines is 1. The number of thiophene rings is 1. The molecule has 0 saturated carbocycles. The number of amides is 1. The molecule has 2 aromatic rings. The third-order valence-electron chi connectivity index (χ3n) is 3.53. The summed E-state index contributed by atoms with van der Waals surface area (Å²) in [7, 11) is 0. The third kappa shape index (κ3) is 2.77. The first kappa shape index (κ1) is 14.0. The fourth-order valence-corrected chi connectivity index (χ4v) is 3.15. The van der Waals surface area contributed by atoms with E-state index in [2.05, 4.69) is 10.3 Å². The highest BCUT2D eigenvalue weighted by Gasteiger charge is 2.23. The van der Waals surface area contributed by atoms with Crippen LogP contribution in [0.15, 0.2) is 21.0 Å². The molecule has 1 aliphatic rings. The van der Waals surface area contributed by atoms with E-state index in [1.807, 2.05) is 0 Å². The monoisotopic (exact) mass is 309 g/mol. The van der Waals surface area contributed by atoms with Crippen LogP contribution in [0.2, 0.25) is 0 Å². The van der Waals surface area contributed by atoms with Crippen molar-refractivity contribution in [2.24, 2.45) is 5.92 Å². The quantitative estimate of drug-likeness (QED) is 0.825. The van der Waals surface area contributed by atoms with E-state index in [1.165, 1.54) is 11.3 Å². The van der Waals surface area contributed by atoms with E-state index in [0.717, 1.165) is 4.57 Å². The Hall–Kier alpha value is -1.93. The average Bonchev–Trinajstić information content (AvgIpc) is 3.12. The molecule has 7 nitrogen and oxygen atoms in total. The Morgan fingerprint density at radius 3 is 3.14 bits per heavy atom. The van der Waals surface area contributed by atoms with Crippen LogP contribution in [0.1, 0.15) is 6.42 Å². The van der Waals surface area contributed by atoms with Gasteiger partial charge in [-0.1, -0.05) is 0 Å². The standard InChI is InChI=1S/C13H15N3O4S/c17-11(8-1-5-20-7-8)14-3-4-16-12(18)10-9(2-6-21-10)15-13(16)19/h2,6,8H,1,3-5,7H2,(H,14,17)(H,15,19). The molecule has 1 saturated heterocycles. The second-order valence-electron chi connectivity index (χ2n) is 4.90. The van der Waals surface area contributed by atoms with Crippen LogP contribution in [0.25, 0.3) is 10.2 Å². The van der Waals surface area contributed by atoms with Crippen molar-refractivity contribution < 1.29 is 9.53 Å². The van der Waals surface area contributed by atoms with E-state index >= 15 is 0 Å². The molecule has 8 heteroatoms. The minimum atomic E-state index is -0.454. The van der Waals surface area contributed by atoms with Gasteiger partial charge in [-0.15, -0.1) is 11.3 Å². The molecule has 3 heterocycles. The summed E-state index contributed by atoms with van der Waals surface area (Å²) in [5.41, 5.74) is -0.218. The molecule has 3 rings (SSSR count). The first-order valence-electron chi connectivity index (χ1n) is 6.72. The average molecular weight is 309 g/mol. The maximum absolute atomic E-state index is 12.2. The van der Waals surface area contributed by atoms with Gasteiger partial charge in [0.1, 0.15) is 4.70 Å². The van der Waals surface area contributed by atoms with E-state index < -0.39 is 5.69 Å². The van der Waals surface area contributed by atoms with Crippen LogP contribution in [0, 0.1) is 5.92 Å². The predicted octanol–water partition coefficient (Wildman–Crippen LogP) is -0.0960. The first-order valence-corrected chi connectivity index (χ1v) is 7.60. The summed E-state index contributed by atoms with van der Waals surface area (Å²) in [6, 6.07) is 1.70. The zero-order valence-electron chi connectivity index (χ0n) is 11.3. The summed E-state index contributed by atoms with van der Waals surface area (Å²) in [5.74, 6) is -0.214. The van der Waals surface area contributed by atoms with E-state index in [4.69, 9.17) is 4.74 Å². The van der Waals surface area contributed by atoms with Crippen LogP contribution in [-0.4, -0.2) is 35.2 Å². The summed E-state index contributed by atoms with van der Waals surface area (Å²) >= 11 is 1.29. The van der Waals surface area contributed by atoms with Crippen molar-refractivity contribution in [1.82, 2.24) is 14.9 Å². The maximum atomic E-state index is 12.2. The Morgan fingerprint density at radius 1 is 1.52 bits per heavy atom. The predicted molar refractivity (Wildman–Crippen MR) is 78.6 cm³/mol. The molecule has 1 amide bonds. The van der Waals surface area contributed by atoms with E-state index in [-0.39, 0.29) is 30.5 Å². The Labute approximate surface area is 123 Å². The van der Waals surface area contributed by atoms with E-state index in [0.29, 0.717) is 29.9 Å². The molecular formula is C13H15N3O4S. The summed E-state index contributed by atoms with van der Waals surface area (Å²) in [4.78, 5) is 38.5. The normalized spacial score (nSPS) is 18.2. The van der Waals surface area contributed by atoms with Crippen LogP contribution < -0.4 is 16.6 Å². The number of carbonyl (C=O) groups excluding carboxylic acids is 1. The Balaban J connectivity index is 1.69. The van der Waals surface area contributed by atoms with Gasteiger partial charge >= 0.3 is 5.69 Å². The molecule has 1 atom stereocenters. The lowest BCUT2D eigenvalue weighted by Gasteiger charge is -2.10. The number of H-pyrrole nitrogens is 1. The van der Waals surface area contributed by atoms with Crippen molar-refractivity contribution in [2.45, 2.75) is 13.0 Å². The van der Waals surface area contributed by atoms with Crippen LogP contribution in [-0.2, 0) is 16.1 Å². The van der Waals surface area contributed by atoms with Gasteiger partial charge in [0.05, 0.1) is 18.0 Å². The zero-order chi connectivity index (χ0) is 14.8. The highest BCUT2D eigenvalue weighted by atomic mass is 32.1. The highest BCUT2D eigenvalue weighted by molar-refractivity contribution is 7.17. The second-order valence-corrected chi connectivity index (χ2v) is 5.82. The number of hydrogen-bond donors (Lipinski definition) is 2. The van der Waals surface area contributed by atoms with Crippen molar-refractivity contribution in [2.75, 3.05) is 19.8 Å². The smallest absolute Gasteiger partial charge is 0.328 e. The van der Waals surface area contributed by atoms with E-state index in [9.17, 15) is 14.4 Å². The Morgan fingerprint density at radius 2 is 2.38 bits per heavy atom. The Kier molecular flexibility index (Phi) is 3.89. The van der Waals surface area contributed by atoms with E-state index in [1.54, 1.807) is 11.4 Å². The fourth-order valence-electron chi connectivity index (χ4n) is 2.35. The van der Waals surface area contributed by atoms with Crippen molar-refractivity contribution in [3.05, 3.63) is 32.3 Å². The van der Waals surface area contributed by atoms with Gasteiger partial charge in [0.25, 0.3) is 5.56 Å². The number of nitrogens with one attached hydrogen (secondary N) is 2. The molecular weight excluding hydrogens is 294 g/mol. The topological polar surface area (TPSA) is 93.2 Å². The number of carbonyl (C=O) groups is 1. The fraction of sp³-hybridized carbons (Fsp3) is 0.462. The van der Waals surface area contributed by atoms with Crippen molar-refractivity contribution in [3.63, 3.8) is 0 Å². The molecule has 0 spiro atoms. The lowest BCUT2D eigenvalue weighted by atomic mass is 10.1. The molecule has 2 aromatic heterocycles. The number of rotatable bonds is 4. The summed E-state index contributed by atoms with van der Waals surface area (Å²) in [6.45, 7) is 1.44. The summed E-state index contributed by atoms with van der Waals surface area (Å²) < 4.78 is 6.78. The molecule has 112 valence electrons. The van der Waals surface area contributed by atoms with Crippen molar-refractivity contribution in [1.29, 1.82) is 0 Å². The lowest BCUT2D eigenvalue weighted by molar-refractivity contribution is -0.124. The van der Waals surface area contributed by atoms with Gasteiger partial charge < -0.3 is 15.0 Å². The molecule has 0 radical (unpaired) electrons. The SMILES string of the molecule is O=C(NCCn1c(=O)[nH]c2ccsc2c1=O)C1CCOC1. The number of fused-ring (bicyclic) bond motifs is 1. The molecule has 1 fully saturated rings. The highest BCUT2D eigenvalue weighted by Crippen LogP contribution is 2.12.